The molecule has 3 N–H and O–H groups in total. The third-order valence-corrected chi connectivity index (χ3v) is 3.33. The topological polar surface area (TPSA) is 88.3 Å². The Labute approximate surface area is 132 Å². The maximum Gasteiger partial charge on any atom is 0.241 e. The molecule has 0 saturated carbocycles. The van der Waals surface area contributed by atoms with Gasteiger partial charge in [0.1, 0.15) is 0 Å². The number of carbonyl (C=O) groups is 2. The van der Waals surface area contributed by atoms with Crippen LogP contribution in [0, 0.1) is 5.92 Å². The summed E-state index contributed by atoms with van der Waals surface area (Å²) in [4.78, 5) is 29.5. The van der Waals surface area contributed by atoms with Crippen molar-refractivity contribution in [1.82, 2.24) is 15.2 Å². The summed E-state index contributed by atoms with van der Waals surface area (Å²) < 4.78 is 0. The quantitative estimate of drug-likeness (QED) is 0.735. The molecule has 1 aromatic heterocycles. The number of hydrogen-bond donors (Lipinski definition) is 2. The van der Waals surface area contributed by atoms with E-state index in [0.29, 0.717) is 25.3 Å². The van der Waals surface area contributed by atoms with E-state index in [2.05, 4.69) is 10.3 Å². The average Bonchev–Trinajstić information content (AvgIpc) is 2.50. The van der Waals surface area contributed by atoms with Gasteiger partial charge in [0.15, 0.2) is 0 Å². The zero-order valence-corrected chi connectivity index (χ0v) is 13.6. The van der Waals surface area contributed by atoms with Gasteiger partial charge in [-0.1, -0.05) is 19.9 Å². The molecule has 0 unspecified atom stereocenters. The minimum atomic E-state index is -0.563. The molecule has 0 aliphatic heterocycles. The molecule has 122 valence electrons. The number of likely N-dealkylation sites (N-methyl/N-ethyl adjacent to an activating group) is 1. The first-order chi connectivity index (χ1) is 10.4. The number of hydrogen-bond acceptors (Lipinski definition) is 4. The third-order valence-electron chi connectivity index (χ3n) is 3.33. The second-order valence-corrected chi connectivity index (χ2v) is 5.84. The van der Waals surface area contributed by atoms with E-state index >= 15 is 0 Å². The second kappa shape index (κ2) is 9.15. The second-order valence-electron chi connectivity index (χ2n) is 5.84. The Kier molecular flexibility index (Phi) is 7.52. The molecule has 1 aromatic rings. The average molecular weight is 306 g/mol. The van der Waals surface area contributed by atoms with Crippen LogP contribution in [0.5, 0.6) is 0 Å². The molecule has 0 radical (unpaired) electrons. The fourth-order valence-corrected chi connectivity index (χ4v) is 2.00. The first-order valence-electron chi connectivity index (χ1n) is 7.57. The van der Waals surface area contributed by atoms with Gasteiger partial charge in [-0.05, 0) is 24.5 Å². The molecule has 2 amide bonds. The zero-order chi connectivity index (χ0) is 16.5. The molecule has 0 spiro atoms. The van der Waals surface area contributed by atoms with Gasteiger partial charge in [0.2, 0.25) is 11.8 Å². The number of carbonyl (C=O) groups excluding carboxylic acids is 2. The Bertz CT molecular complexity index is 476. The summed E-state index contributed by atoms with van der Waals surface area (Å²) in [6.07, 6.45) is 3.02. The van der Waals surface area contributed by atoms with Crippen molar-refractivity contribution in [2.45, 2.75) is 32.7 Å². The SMILES string of the molecule is CC(C)C[C@H](N)C(=O)NCC(=O)N(C)CCc1ccccn1. The van der Waals surface area contributed by atoms with E-state index in [1.54, 1.807) is 18.1 Å². The summed E-state index contributed by atoms with van der Waals surface area (Å²) in [7, 11) is 1.71. The maximum atomic E-state index is 12.0. The van der Waals surface area contributed by atoms with Crippen LogP contribution in [-0.2, 0) is 16.0 Å². The molecular formula is C16H26N4O2. The van der Waals surface area contributed by atoms with Crippen LogP contribution in [-0.4, -0.2) is 47.9 Å². The number of nitrogens with one attached hydrogen (secondary N) is 1. The molecule has 22 heavy (non-hydrogen) atoms. The number of rotatable bonds is 8. The third kappa shape index (κ3) is 6.67. The summed E-state index contributed by atoms with van der Waals surface area (Å²) in [5, 5.41) is 2.60. The Balaban J connectivity index is 2.30. The predicted molar refractivity (Wildman–Crippen MR) is 86.0 cm³/mol. The van der Waals surface area contributed by atoms with Crippen LogP contribution in [0.1, 0.15) is 26.0 Å². The standard InChI is InChI=1S/C16H26N4O2/c1-12(2)10-14(17)16(22)19-11-15(21)20(3)9-7-13-6-4-5-8-18-13/h4-6,8,12,14H,7,9-11,17H2,1-3H3,(H,19,22)/t14-/m0/s1. The summed E-state index contributed by atoms with van der Waals surface area (Å²) in [5.41, 5.74) is 6.71. The van der Waals surface area contributed by atoms with Gasteiger partial charge < -0.3 is 16.0 Å². The number of nitrogens with two attached hydrogens (primary N) is 1. The van der Waals surface area contributed by atoms with E-state index in [1.807, 2.05) is 32.0 Å². The number of aromatic nitrogens is 1. The minimum Gasteiger partial charge on any atom is -0.346 e. The van der Waals surface area contributed by atoms with E-state index in [0.717, 1.165) is 5.69 Å². The molecular weight excluding hydrogens is 280 g/mol. The highest BCUT2D eigenvalue weighted by Gasteiger charge is 2.16. The van der Waals surface area contributed by atoms with Crippen molar-refractivity contribution in [3.63, 3.8) is 0 Å². The lowest BCUT2D eigenvalue weighted by Crippen LogP contribution is -2.46. The fourth-order valence-electron chi connectivity index (χ4n) is 2.00. The van der Waals surface area contributed by atoms with Gasteiger partial charge in [-0.25, -0.2) is 0 Å². The predicted octanol–water partition coefficient (Wildman–Crippen LogP) is 0.572. The van der Waals surface area contributed by atoms with E-state index in [4.69, 9.17) is 5.73 Å². The lowest BCUT2D eigenvalue weighted by molar-refractivity contribution is -0.132. The molecule has 0 aromatic carbocycles. The van der Waals surface area contributed by atoms with Gasteiger partial charge in [0, 0.05) is 31.9 Å². The summed E-state index contributed by atoms with van der Waals surface area (Å²) in [6, 6.07) is 5.13. The normalized spacial score (nSPS) is 12.0. The molecule has 0 aliphatic rings. The Morgan fingerprint density at radius 2 is 2.09 bits per heavy atom. The molecule has 1 rings (SSSR count). The zero-order valence-electron chi connectivity index (χ0n) is 13.6. The van der Waals surface area contributed by atoms with Crippen molar-refractivity contribution >= 4 is 11.8 Å². The fraction of sp³-hybridized carbons (Fsp3) is 0.562. The largest absolute Gasteiger partial charge is 0.346 e. The van der Waals surface area contributed by atoms with Crippen LogP contribution in [0.3, 0.4) is 0 Å². The number of amides is 2. The highest BCUT2D eigenvalue weighted by molar-refractivity contribution is 5.87. The molecule has 0 saturated heterocycles. The van der Waals surface area contributed by atoms with Crippen LogP contribution >= 0.6 is 0 Å². The van der Waals surface area contributed by atoms with Crippen molar-refractivity contribution in [3.8, 4) is 0 Å². The van der Waals surface area contributed by atoms with Gasteiger partial charge in [0.05, 0.1) is 12.6 Å². The van der Waals surface area contributed by atoms with Gasteiger partial charge in [0.25, 0.3) is 0 Å². The van der Waals surface area contributed by atoms with Crippen LogP contribution in [0.25, 0.3) is 0 Å². The lowest BCUT2D eigenvalue weighted by Gasteiger charge is -2.18. The molecule has 6 nitrogen and oxygen atoms in total. The minimum absolute atomic E-state index is 0.0245. The Hall–Kier alpha value is -1.95. The highest BCUT2D eigenvalue weighted by Crippen LogP contribution is 2.02. The van der Waals surface area contributed by atoms with E-state index in [9.17, 15) is 9.59 Å². The van der Waals surface area contributed by atoms with Crippen LogP contribution in [0.2, 0.25) is 0 Å². The molecule has 6 heteroatoms. The van der Waals surface area contributed by atoms with Gasteiger partial charge in [-0.3, -0.25) is 14.6 Å². The summed E-state index contributed by atoms with van der Waals surface area (Å²) in [5.74, 6) is -0.0706. The van der Waals surface area contributed by atoms with E-state index in [1.165, 1.54) is 0 Å². The first kappa shape index (κ1) is 18.1. The molecule has 0 fully saturated rings. The summed E-state index contributed by atoms with van der Waals surface area (Å²) in [6.45, 7) is 4.54. The van der Waals surface area contributed by atoms with Crippen molar-refractivity contribution in [3.05, 3.63) is 30.1 Å². The smallest absolute Gasteiger partial charge is 0.241 e. The van der Waals surface area contributed by atoms with Crippen molar-refractivity contribution < 1.29 is 9.59 Å². The van der Waals surface area contributed by atoms with Crippen LogP contribution < -0.4 is 11.1 Å². The van der Waals surface area contributed by atoms with Crippen LogP contribution in [0.4, 0.5) is 0 Å². The summed E-state index contributed by atoms with van der Waals surface area (Å²) >= 11 is 0. The van der Waals surface area contributed by atoms with E-state index in [-0.39, 0.29) is 18.4 Å². The molecule has 1 heterocycles. The van der Waals surface area contributed by atoms with Crippen LogP contribution in [0.15, 0.2) is 24.4 Å². The first-order valence-corrected chi connectivity index (χ1v) is 7.57. The Morgan fingerprint density at radius 3 is 2.68 bits per heavy atom. The van der Waals surface area contributed by atoms with E-state index < -0.39 is 6.04 Å². The van der Waals surface area contributed by atoms with Crippen molar-refractivity contribution in [2.24, 2.45) is 11.7 Å². The van der Waals surface area contributed by atoms with Gasteiger partial charge >= 0.3 is 0 Å². The highest BCUT2D eigenvalue weighted by atomic mass is 16.2. The van der Waals surface area contributed by atoms with Gasteiger partial charge in [-0.2, -0.15) is 0 Å². The maximum absolute atomic E-state index is 12.0. The number of nitrogens with zero attached hydrogens (tertiary/aromatic N) is 2. The Morgan fingerprint density at radius 1 is 1.36 bits per heavy atom. The molecule has 0 aliphatic carbocycles. The molecule has 1 atom stereocenters. The van der Waals surface area contributed by atoms with Crippen molar-refractivity contribution in [1.29, 1.82) is 0 Å². The van der Waals surface area contributed by atoms with Crippen molar-refractivity contribution in [2.75, 3.05) is 20.1 Å². The lowest BCUT2D eigenvalue weighted by atomic mass is 10.0. The number of pyridine rings is 1. The molecule has 0 bridgehead atoms. The van der Waals surface area contributed by atoms with Gasteiger partial charge in [-0.15, -0.1) is 0 Å². The monoisotopic (exact) mass is 306 g/mol.